The van der Waals surface area contributed by atoms with E-state index in [0.717, 1.165) is 0 Å². The van der Waals surface area contributed by atoms with Crippen LogP contribution in [-0.4, -0.2) is 19.8 Å². The Kier molecular flexibility index (Phi) is 1.89. The molecule has 0 radical (unpaired) electrons. The molecular weight excluding hydrogens is 182 g/mol. The van der Waals surface area contributed by atoms with E-state index in [4.69, 9.17) is 5.26 Å². The van der Waals surface area contributed by atoms with Crippen LogP contribution < -0.4 is 0 Å². The molecule has 0 aliphatic heterocycles. The highest BCUT2D eigenvalue weighted by molar-refractivity contribution is 5.41. The molecule has 0 unspecified atom stereocenters. The van der Waals surface area contributed by atoms with Crippen LogP contribution in [0.3, 0.4) is 0 Å². The second-order valence-corrected chi connectivity index (χ2v) is 1.89. The third-order valence-electron chi connectivity index (χ3n) is 1.15. The quantitative estimate of drug-likeness (QED) is 0.457. The van der Waals surface area contributed by atoms with Crippen molar-refractivity contribution in [1.82, 2.24) is 9.89 Å². The van der Waals surface area contributed by atoms with Gasteiger partial charge in [0.25, 0.3) is 0 Å². The SMILES string of the molecule is N#Cc1nn([N+](=O)[O-])cc1[N+](=O)[O-]. The number of nitriles is 1. The van der Waals surface area contributed by atoms with Crippen LogP contribution in [0, 0.1) is 31.6 Å². The van der Waals surface area contributed by atoms with Crippen LogP contribution in [0.4, 0.5) is 5.69 Å². The Morgan fingerprint density at radius 2 is 2.15 bits per heavy atom. The zero-order valence-electron chi connectivity index (χ0n) is 5.95. The molecule has 0 N–H and O–H groups in total. The molecule has 0 amide bonds. The fourth-order valence-corrected chi connectivity index (χ4v) is 0.650. The predicted octanol–water partition coefficient (Wildman–Crippen LogP) is -0.297. The van der Waals surface area contributed by atoms with E-state index in [2.05, 4.69) is 5.10 Å². The van der Waals surface area contributed by atoms with Crippen molar-refractivity contribution in [1.29, 1.82) is 5.26 Å². The third kappa shape index (κ3) is 1.41. The summed E-state index contributed by atoms with van der Waals surface area (Å²) in [6.07, 6.45) is 0.568. The van der Waals surface area contributed by atoms with Gasteiger partial charge in [-0.15, -0.1) is 0 Å². The van der Waals surface area contributed by atoms with Gasteiger partial charge in [-0.3, -0.25) is 10.1 Å². The molecule has 9 nitrogen and oxygen atoms in total. The molecule has 0 atom stereocenters. The minimum absolute atomic E-state index is 0.122. The number of nitrogens with zero attached hydrogens (tertiary/aromatic N) is 5. The molecule has 1 rings (SSSR count). The van der Waals surface area contributed by atoms with Crippen LogP contribution in [-0.2, 0) is 0 Å². The van der Waals surface area contributed by atoms with Gasteiger partial charge < -0.3 is 10.1 Å². The highest BCUT2D eigenvalue weighted by Gasteiger charge is 2.26. The maximum absolute atomic E-state index is 10.2. The van der Waals surface area contributed by atoms with Crippen LogP contribution in [0.5, 0.6) is 0 Å². The lowest BCUT2D eigenvalue weighted by Gasteiger charge is -1.85. The van der Waals surface area contributed by atoms with Gasteiger partial charge >= 0.3 is 11.4 Å². The second kappa shape index (κ2) is 2.86. The van der Waals surface area contributed by atoms with Gasteiger partial charge in [-0.1, -0.05) is 0 Å². The summed E-state index contributed by atoms with van der Waals surface area (Å²) in [7, 11) is 0. The monoisotopic (exact) mass is 183 g/mol. The minimum atomic E-state index is -0.978. The summed E-state index contributed by atoms with van der Waals surface area (Å²) >= 11 is 0. The van der Waals surface area contributed by atoms with Crippen LogP contribution >= 0.6 is 0 Å². The van der Waals surface area contributed by atoms with Gasteiger partial charge in [0.1, 0.15) is 0 Å². The highest BCUT2D eigenvalue weighted by Crippen LogP contribution is 2.14. The average Bonchev–Trinajstić information content (AvgIpc) is 2.47. The lowest BCUT2D eigenvalue weighted by Crippen LogP contribution is -2.08. The summed E-state index contributed by atoms with van der Waals surface area (Å²) in [5, 5.41) is 30.7. The van der Waals surface area contributed by atoms with Gasteiger partial charge in [-0.2, -0.15) is 5.26 Å². The molecule has 0 saturated heterocycles. The first-order chi connectivity index (χ1) is 6.06. The molecule has 0 aromatic carbocycles. The Bertz CT molecular complexity index is 415. The summed E-state index contributed by atoms with van der Waals surface area (Å²) in [6.45, 7) is 0. The lowest BCUT2D eigenvalue weighted by atomic mass is 10.4. The maximum Gasteiger partial charge on any atom is 0.357 e. The van der Waals surface area contributed by atoms with Crippen LogP contribution in [0.1, 0.15) is 5.69 Å². The fourth-order valence-electron chi connectivity index (χ4n) is 0.650. The first kappa shape index (κ1) is 8.60. The first-order valence-electron chi connectivity index (χ1n) is 2.85. The minimum Gasteiger partial charge on any atom is -0.339 e. The number of aromatic nitrogens is 2. The van der Waals surface area contributed by atoms with E-state index in [0.29, 0.717) is 6.20 Å². The number of nitro groups is 2. The van der Waals surface area contributed by atoms with E-state index in [-0.39, 0.29) is 4.79 Å². The van der Waals surface area contributed by atoms with Gasteiger partial charge in [0, 0.05) is 4.79 Å². The Labute approximate surface area is 70.1 Å². The molecule has 0 bridgehead atoms. The molecule has 1 heterocycles. The Hall–Kier alpha value is -2.50. The molecule has 0 saturated carbocycles. The van der Waals surface area contributed by atoms with Gasteiger partial charge in [-0.05, 0) is 0 Å². The van der Waals surface area contributed by atoms with Crippen molar-refractivity contribution < 1.29 is 9.96 Å². The number of hydrogen-bond acceptors (Lipinski definition) is 6. The molecule has 13 heavy (non-hydrogen) atoms. The molecule has 66 valence electrons. The third-order valence-corrected chi connectivity index (χ3v) is 1.15. The molecule has 0 spiro atoms. The van der Waals surface area contributed by atoms with Crippen molar-refractivity contribution in [2.45, 2.75) is 0 Å². The lowest BCUT2D eigenvalue weighted by molar-refractivity contribution is -0.553. The van der Waals surface area contributed by atoms with Crippen molar-refractivity contribution in [2.75, 3.05) is 0 Å². The van der Waals surface area contributed by atoms with Gasteiger partial charge in [0.15, 0.2) is 12.3 Å². The average molecular weight is 183 g/mol. The van der Waals surface area contributed by atoms with Gasteiger partial charge in [-0.25, -0.2) is 0 Å². The van der Waals surface area contributed by atoms with Crippen molar-refractivity contribution in [3.05, 3.63) is 32.1 Å². The highest BCUT2D eigenvalue weighted by atomic mass is 16.7. The van der Waals surface area contributed by atoms with E-state index in [1.807, 2.05) is 0 Å². The summed E-state index contributed by atoms with van der Waals surface area (Å²) in [5.74, 6) is 0. The van der Waals surface area contributed by atoms with Crippen molar-refractivity contribution in [2.24, 2.45) is 0 Å². The number of hydrogen-bond donors (Lipinski definition) is 0. The van der Waals surface area contributed by atoms with Crippen molar-refractivity contribution >= 4 is 5.69 Å². The maximum atomic E-state index is 10.2. The topological polar surface area (TPSA) is 128 Å². The molecule has 0 fully saturated rings. The largest absolute Gasteiger partial charge is 0.357 e. The van der Waals surface area contributed by atoms with Gasteiger partial charge in [0.05, 0.1) is 15.1 Å². The van der Waals surface area contributed by atoms with E-state index >= 15 is 0 Å². The summed E-state index contributed by atoms with van der Waals surface area (Å²) in [5.41, 5.74) is -1.26. The smallest absolute Gasteiger partial charge is 0.339 e. The van der Waals surface area contributed by atoms with Crippen LogP contribution in [0.25, 0.3) is 0 Å². The molecular formula is C4HN5O4. The summed E-state index contributed by atoms with van der Waals surface area (Å²) in [4.78, 5) is 19.5. The number of rotatable bonds is 2. The summed E-state index contributed by atoms with van der Waals surface area (Å²) in [6, 6.07) is 1.37. The van der Waals surface area contributed by atoms with E-state index in [9.17, 15) is 20.2 Å². The molecule has 1 aromatic heterocycles. The normalized spacial score (nSPS) is 9.15. The predicted molar refractivity (Wildman–Crippen MR) is 36.0 cm³/mol. The fraction of sp³-hybridized carbons (Fsp3) is 0. The second-order valence-electron chi connectivity index (χ2n) is 1.89. The van der Waals surface area contributed by atoms with Crippen molar-refractivity contribution in [3.8, 4) is 6.07 Å². The Morgan fingerprint density at radius 3 is 2.46 bits per heavy atom. The first-order valence-corrected chi connectivity index (χ1v) is 2.85. The Morgan fingerprint density at radius 1 is 1.54 bits per heavy atom. The van der Waals surface area contributed by atoms with E-state index in [1.54, 1.807) is 0 Å². The standard InChI is InChI=1S/C4HN5O4/c5-1-3-4(8(10)11)2-7(6-3)9(12)13/h2H. The van der Waals surface area contributed by atoms with Crippen molar-refractivity contribution in [3.63, 3.8) is 0 Å². The summed E-state index contributed by atoms with van der Waals surface area (Å²) < 4.78 is 0. The zero-order chi connectivity index (χ0) is 10.0. The van der Waals surface area contributed by atoms with Gasteiger partial charge in [0.2, 0.25) is 0 Å². The van der Waals surface area contributed by atoms with Crippen LogP contribution in [0.15, 0.2) is 6.20 Å². The molecule has 0 aliphatic rings. The molecule has 0 aliphatic carbocycles. The zero-order valence-corrected chi connectivity index (χ0v) is 5.95. The van der Waals surface area contributed by atoms with E-state index in [1.165, 1.54) is 6.07 Å². The Balaban J connectivity index is 3.29. The van der Waals surface area contributed by atoms with E-state index < -0.39 is 21.3 Å². The van der Waals surface area contributed by atoms with Crippen LogP contribution in [0.2, 0.25) is 0 Å². The molecule has 1 aromatic rings. The molecule has 9 heteroatoms.